The number of aliphatic imine (C=N–C) groups is 1. The standard InChI is InChI=1S/C14H21F6N5S.HI/c1-21-12(22-5-3-7-25(2)9-13(15,16)17)23-6-4-11-24-10(8-26-11)14(18,19)20;/h8H,3-7,9H2,1-2H3,(H2,21,22,23);1H. The molecule has 13 heteroatoms. The van der Waals surface area contributed by atoms with Crippen molar-refractivity contribution in [2.24, 2.45) is 4.99 Å². The zero-order valence-electron chi connectivity index (χ0n) is 14.7. The summed E-state index contributed by atoms with van der Waals surface area (Å²) in [4.78, 5) is 8.65. The van der Waals surface area contributed by atoms with Crippen molar-refractivity contribution in [2.75, 3.05) is 40.3 Å². The van der Waals surface area contributed by atoms with Gasteiger partial charge in [0.1, 0.15) is 0 Å². The molecule has 0 unspecified atom stereocenters. The normalized spacial score (nSPS) is 12.9. The highest BCUT2D eigenvalue weighted by atomic mass is 127. The van der Waals surface area contributed by atoms with Crippen molar-refractivity contribution in [3.63, 3.8) is 0 Å². The van der Waals surface area contributed by atoms with Crippen LogP contribution in [-0.4, -0.2) is 62.3 Å². The van der Waals surface area contributed by atoms with E-state index in [9.17, 15) is 26.3 Å². The third-order valence-electron chi connectivity index (χ3n) is 3.16. The molecule has 0 saturated heterocycles. The van der Waals surface area contributed by atoms with E-state index >= 15 is 0 Å². The van der Waals surface area contributed by atoms with Crippen molar-refractivity contribution >= 4 is 41.3 Å². The van der Waals surface area contributed by atoms with E-state index in [1.54, 1.807) is 0 Å². The molecule has 1 heterocycles. The first-order valence-corrected chi connectivity index (χ1v) is 8.60. The van der Waals surface area contributed by atoms with E-state index in [1.807, 2.05) is 0 Å². The number of guanidine groups is 1. The zero-order valence-corrected chi connectivity index (χ0v) is 17.9. The number of thiazole rings is 1. The molecule has 0 atom stereocenters. The van der Waals surface area contributed by atoms with Crippen molar-refractivity contribution in [1.82, 2.24) is 20.5 Å². The molecule has 27 heavy (non-hydrogen) atoms. The lowest BCUT2D eigenvalue weighted by Gasteiger charge is -2.18. The largest absolute Gasteiger partial charge is 0.434 e. The van der Waals surface area contributed by atoms with Crippen molar-refractivity contribution in [3.8, 4) is 0 Å². The van der Waals surface area contributed by atoms with Crippen LogP contribution in [0.2, 0.25) is 0 Å². The second kappa shape index (κ2) is 11.9. The minimum atomic E-state index is -4.45. The predicted molar refractivity (Wildman–Crippen MR) is 104 cm³/mol. The van der Waals surface area contributed by atoms with Gasteiger partial charge in [-0.25, -0.2) is 4.98 Å². The Balaban J connectivity index is 0.00000676. The molecule has 0 radical (unpaired) electrons. The summed E-state index contributed by atoms with van der Waals surface area (Å²) in [5.74, 6) is 0.427. The monoisotopic (exact) mass is 533 g/mol. The van der Waals surface area contributed by atoms with Gasteiger partial charge < -0.3 is 10.6 Å². The average molecular weight is 533 g/mol. The summed E-state index contributed by atoms with van der Waals surface area (Å²) in [6.07, 6.45) is -7.88. The number of aromatic nitrogens is 1. The Kier molecular flexibility index (Phi) is 11.5. The maximum Gasteiger partial charge on any atom is 0.434 e. The van der Waals surface area contributed by atoms with Crippen LogP contribution in [0.4, 0.5) is 26.3 Å². The summed E-state index contributed by atoms with van der Waals surface area (Å²) in [6.45, 7) is 0.0480. The van der Waals surface area contributed by atoms with Gasteiger partial charge in [-0.3, -0.25) is 9.89 Å². The predicted octanol–water partition coefficient (Wildman–Crippen LogP) is 3.37. The molecule has 158 valence electrons. The van der Waals surface area contributed by atoms with Crippen molar-refractivity contribution < 1.29 is 26.3 Å². The molecule has 1 aromatic heterocycles. The lowest BCUT2D eigenvalue weighted by Crippen LogP contribution is -2.40. The van der Waals surface area contributed by atoms with Crippen molar-refractivity contribution in [2.45, 2.75) is 25.2 Å². The third-order valence-corrected chi connectivity index (χ3v) is 4.06. The number of hydrogen-bond donors (Lipinski definition) is 2. The van der Waals surface area contributed by atoms with Gasteiger partial charge >= 0.3 is 12.4 Å². The number of rotatable bonds is 8. The summed E-state index contributed by atoms with van der Waals surface area (Å²) in [7, 11) is 2.92. The molecular formula is C14H22F6IN5S. The average Bonchev–Trinajstić information content (AvgIpc) is 2.97. The maximum atomic E-state index is 12.5. The first kappa shape index (κ1) is 26.2. The van der Waals surface area contributed by atoms with Gasteiger partial charge in [-0.05, 0) is 20.0 Å². The summed E-state index contributed by atoms with van der Waals surface area (Å²) in [6, 6.07) is 0. The molecule has 0 aromatic carbocycles. The fourth-order valence-electron chi connectivity index (χ4n) is 2.01. The van der Waals surface area contributed by atoms with Gasteiger partial charge in [0.05, 0.1) is 11.6 Å². The number of halogens is 7. The summed E-state index contributed by atoms with van der Waals surface area (Å²) < 4.78 is 74.0. The lowest BCUT2D eigenvalue weighted by molar-refractivity contribution is -0.143. The second-order valence-electron chi connectivity index (χ2n) is 5.51. The van der Waals surface area contributed by atoms with Crippen LogP contribution in [0.3, 0.4) is 0 Å². The van der Waals surface area contributed by atoms with Gasteiger partial charge in [0.2, 0.25) is 0 Å². The highest BCUT2D eigenvalue weighted by molar-refractivity contribution is 14.0. The molecule has 5 nitrogen and oxygen atoms in total. The topological polar surface area (TPSA) is 52.6 Å². The molecule has 0 aliphatic carbocycles. The van der Waals surface area contributed by atoms with E-state index in [2.05, 4.69) is 20.6 Å². The fraction of sp³-hybridized carbons (Fsp3) is 0.714. The van der Waals surface area contributed by atoms with E-state index in [0.29, 0.717) is 36.9 Å². The molecule has 0 aliphatic rings. The first-order valence-electron chi connectivity index (χ1n) is 7.72. The van der Waals surface area contributed by atoms with Crippen molar-refractivity contribution in [3.05, 3.63) is 16.1 Å². The highest BCUT2D eigenvalue weighted by Crippen LogP contribution is 2.29. The molecule has 1 rings (SSSR count). The highest BCUT2D eigenvalue weighted by Gasteiger charge is 2.33. The molecule has 0 spiro atoms. The Morgan fingerprint density at radius 3 is 2.33 bits per heavy atom. The summed E-state index contributed by atoms with van der Waals surface area (Å²) in [5.41, 5.74) is -0.900. The van der Waals surface area contributed by atoms with Crippen LogP contribution in [0, 0.1) is 0 Å². The minimum absolute atomic E-state index is 0. The van der Waals surface area contributed by atoms with Gasteiger partial charge in [0, 0.05) is 31.9 Å². The van der Waals surface area contributed by atoms with E-state index in [4.69, 9.17) is 0 Å². The summed E-state index contributed by atoms with van der Waals surface area (Å²) in [5, 5.41) is 7.19. The van der Waals surface area contributed by atoms with Crippen LogP contribution >= 0.6 is 35.3 Å². The number of nitrogens with one attached hydrogen (secondary N) is 2. The molecule has 0 amide bonds. The SMILES string of the molecule is CN=C(NCCCN(C)CC(F)(F)F)NCCc1nc(C(F)(F)F)cs1.I. The third kappa shape index (κ3) is 11.6. The van der Waals surface area contributed by atoms with Crippen LogP contribution in [0.1, 0.15) is 17.1 Å². The Labute approximate surface area is 174 Å². The number of nitrogens with zero attached hydrogens (tertiary/aromatic N) is 3. The van der Waals surface area contributed by atoms with Crippen LogP contribution in [0.15, 0.2) is 10.4 Å². The Hall–Kier alpha value is -0.830. The van der Waals surface area contributed by atoms with E-state index < -0.39 is 24.6 Å². The van der Waals surface area contributed by atoms with Crippen LogP contribution in [0.5, 0.6) is 0 Å². The van der Waals surface area contributed by atoms with Gasteiger partial charge in [0.25, 0.3) is 0 Å². The van der Waals surface area contributed by atoms with Gasteiger partial charge in [0.15, 0.2) is 11.7 Å². The Morgan fingerprint density at radius 1 is 1.19 bits per heavy atom. The smallest absolute Gasteiger partial charge is 0.356 e. The van der Waals surface area contributed by atoms with Crippen molar-refractivity contribution in [1.29, 1.82) is 0 Å². The molecule has 1 aromatic rings. The molecular weight excluding hydrogens is 511 g/mol. The molecule has 0 aliphatic heterocycles. The maximum absolute atomic E-state index is 12.5. The van der Waals surface area contributed by atoms with Gasteiger partial charge in [-0.2, -0.15) is 26.3 Å². The first-order chi connectivity index (χ1) is 12.0. The summed E-state index contributed by atoms with van der Waals surface area (Å²) >= 11 is 0.936. The molecule has 0 saturated carbocycles. The van der Waals surface area contributed by atoms with Gasteiger partial charge in [-0.15, -0.1) is 35.3 Å². The quantitative estimate of drug-likeness (QED) is 0.177. The van der Waals surface area contributed by atoms with Crippen LogP contribution in [0.25, 0.3) is 0 Å². The van der Waals surface area contributed by atoms with Gasteiger partial charge in [-0.1, -0.05) is 0 Å². The lowest BCUT2D eigenvalue weighted by atomic mass is 10.4. The number of alkyl halides is 6. The van der Waals surface area contributed by atoms with Crippen LogP contribution in [-0.2, 0) is 12.6 Å². The molecule has 2 N–H and O–H groups in total. The molecule has 0 bridgehead atoms. The minimum Gasteiger partial charge on any atom is -0.356 e. The number of hydrogen-bond acceptors (Lipinski definition) is 4. The van der Waals surface area contributed by atoms with Crippen LogP contribution < -0.4 is 10.6 Å². The Morgan fingerprint density at radius 2 is 1.81 bits per heavy atom. The van der Waals surface area contributed by atoms with E-state index in [0.717, 1.165) is 16.7 Å². The van der Waals surface area contributed by atoms with E-state index in [-0.39, 0.29) is 30.5 Å². The molecule has 0 fully saturated rings. The fourth-order valence-corrected chi connectivity index (χ4v) is 2.81. The van der Waals surface area contributed by atoms with E-state index in [1.165, 1.54) is 19.0 Å². The zero-order chi connectivity index (χ0) is 19.8. The second-order valence-corrected chi connectivity index (χ2v) is 6.45. The Bertz CT molecular complexity index is 575.